The Morgan fingerprint density at radius 2 is 2.56 bits per heavy atom. The summed E-state index contributed by atoms with van der Waals surface area (Å²) in [4.78, 5) is 6.93. The molecule has 50 valence electrons. The average Bonchev–Trinajstić information content (AvgIpc) is 2.19. The van der Waals surface area contributed by atoms with Crippen molar-refractivity contribution in [1.82, 2.24) is 9.97 Å². The van der Waals surface area contributed by atoms with Gasteiger partial charge in [0.1, 0.15) is 5.82 Å². The normalized spacial score (nSPS) is 8.00. The highest BCUT2D eigenvalue weighted by molar-refractivity contribution is 14.0. The predicted molar refractivity (Wildman–Crippen MR) is 47.9 cm³/mol. The van der Waals surface area contributed by atoms with E-state index < -0.39 is 0 Å². The van der Waals surface area contributed by atoms with Crippen molar-refractivity contribution in [1.29, 1.82) is 0 Å². The van der Waals surface area contributed by atoms with E-state index in [2.05, 4.69) is 16.5 Å². The molecule has 0 saturated heterocycles. The third-order valence-corrected chi connectivity index (χ3v) is 0.893. The maximum Gasteiger partial charge on any atom is 0.109 e. The predicted octanol–water partition coefficient (Wildman–Crippen LogP) is 1.76. The van der Waals surface area contributed by atoms with Gasteiger partial charge in [0.15, 0.2) is 0 Å². The summed E-state index contributed by atoms with van der Waals surface area (Å²) in [6.07, 6.45) is 6.18. The summed E-state index contributed by atoms with van der Waals surface area (Å²) in [6, 6.07) is 0. The number of aromatic amines is 1. The van der Waals surface area contributed by atoms with Crippen LogP contribution in [-0.2, 0) is 6.42 Å². The Hall–Kier alpha value is -0.320. The number of nitrogens with zero attached hydrogens (tertiary/aromatic N) is 1. The van der Waals surface area contributed by atoms with E-state index in [1.165, 1.54) is 0 Å². The van der Waals surface area contributed by atoms with E-state index in [0.717, 1.165) is 12.2 Å². The molecule has 0 amide bonds. The van der Waals surface area contributed by atoms with Crippen LogP contribution in [0.25, 0.3) is 0 Å². The van der Waals surface area contributed by atoms with Crippen molar-refractivity contribution in [2.24, 2.45) is 0 Å². The largest absolute Gasteiger partial charge is 0.348 e. The Kier molecular flexibility index (Phi) is 4.39. The van der Waals surface area contributed by atoms with E-state index in [4.69, 9.17) is 0 Å². The van der Waals surface area contributed by atoms with E-state index in [0.29, 0.717) is 0 Å². The first-order valence-electron chi connectivity index (χ1n) is 2.52. The van der Waals surface area contributed by atoms with Gasteiger partial charge >= 0.3 is 0 Å². The van der Waals surface area contributed by atoms with Crippen molar-refractivity contribution in [3.63, 3.8) is 0 Å². The zero-order valence-corrected chi connectivity index (χ0v) is 7.33. The van der Waals surface area contributed by atoms with Gasteiger partial charge in [-0.25, -0.2) is 4.98 Å². The molecule has 0 spiro atoms. The second-order valence-corrected chi connectivity index (χ2v) is 1.53. The molecular formula is C6H9IN2. The molecule has 1 heterocycles. The van der Waals surface area contributed by atoms with Crippen LogP contribution in [0.4, 0.5) is 0 Å². The van der Waals surface area contributed by atoms with Crippen LogP contribution in [0.3, 0.4) is 0 Å². The van der Waals surface area contributed by atoms with Gasteiger partial charge in [0.05, 0.1) is 0 Å². The second kappa shape index (κ2) is 4.55. The molecule has 0 aliphatic heterocycles. The van der Waals surface area contributed by atoms with E-state index in [-0.39, 0.29) is 24.0 Å². The van der Waals surface area contributed by atoms with Crippen LogP contribution in [0.2, 0.25) is 0 Å². The van der Waals surface area contributed by atoms with E-state index in [1.54, 1.807) is 12.4 Å². The Bertz CT molecular complexity index is 158. The maximum absolute atomic E-state index is 3.98. The van der Waals surface area contributed by atoms with Gasteiger partial charge in [-0.2, -0.15) is 0 Å². The van der Waals surface area contributed by atoms with Gasteiger partial charge in [0.2, 0.25) is 0 Å². The van der Waals surface area contributed by atoms with Gasteiger partial charge in [0.25, 0.3) is 0 Å². The molecule has 1 rings (SSSR count). The highest BCUT2D eigenvalue weighted by Crippen LogP contribution is 1.88. The fourth-order valence-electron chi connectivity index (χ4n) is 0.546. The lowest BCUT2D eigenvalue weighted by Crippen LogP contribution is -1.80. The maximum atomic E-state index is 3.98. The third-order valence-electron chi connectivity index (χ3n) is 0.893. The Morgan fingerprint density at radius 3 is 3.00 bits per heavy atom. The summed E-state index contributed by atoms with van der Waals surface area (Å²) in [7, 11) is 0. The number of rotatable bonds is 2. The molecule has 1 N–H and O–H groups in total. The minimum atomic E-state index is 0. The minimum absolute atomic E-state index is 0. The van der Waals surface area contributed by atoms with Crippen LogP contribution in [0.5, 0.6) is 0 Å². The lowest BCUT2D eigenvalue weighted by molar-refractivity contribution is 1.06. The zero-order valence-electron chi connectivity index (χ0n) is 5.00. The number of nitrogens with one attached hydrogen (secondary N) is 1. The van der Waals surface area contributed by atoms with Gasteiger partial charge in [-0.3, -0.25) is 0 Å². The number of allylic oxidation sites excluding steroid dienone is 1. The Balaban J connectivity index is 0.000000640. The average molecular weight is 236 g/mol. The van der Waals surface area contributed by atoms with Gasteiger partial charge in [0, 0.05) is 18.8 Å². The van der Waals surface area contributed by atoms with E-state index in [9.17, 15) is 0 Å². The molecule has 1 aromatic heterocycles. The molecule has 9 heavy (non-hydrogen) atoms. The molecule has 2 nitrogen and oxygen atoms in total. The summed E-state index contributed by atoms with van der Waals surface area (Å²) in [5, 5.41) is 0. The van der Waals surface area contributed by atoms with Crippen molar-refractivity contribution >= 4 is 24.0 Å². The smallest absolute Gasteiger partial charge is 0.109 e. The van der Waals surface area contributed by atoms with Gasteiger partial charge in [-0.1, -0.05) is 6.08 Å². The van der Waals surface area contributed by atoms with Gasteiger partial charge < -0.3 is 4.98 Å². The molecule has 3 heteroatoms. The van der Waals surface area contributed by atoms with Crippen molar-refractivity contribution in [2.75, 3.05) is 0 Å². The van der Waals surface area contributed by atoms with Crippen LogP contribution < -0.4 is 0 Å². The van der Waals surface area contributed by atoms with Crippen LogP contribution in [0.15, 0.2) is 25.0 Å². The van der Waals surface area contributed by atoms with Crippen molar-refractivity contribution < 1.29 is 0 Å². The van der Waals surface area contributed by atoms with Crippen LogP contribution >= 0.6 is 24.0 Å². The highest BCUT2D eigenvalue weighted by atomic mass is 127. The second-order valence-electron chi connectivity index (χ2n) is 1.53. The Morgan fingerprint density at radius 1 is 1.78 bits per heavy atom. The van der Waals surface area contributed by atoms with Crippen molar-refractivity contribution in [3.05, 3.63) is 30.9 Å². The quantitative estimate of drug-likeness (QED) is 0.615. The first kappa shape index (κ1) is 8.68. The van der Waals surface area contributed by atoms with Crippen LogP contribution in [0.1, 0.15) is 5.82 Å². The number of H-pyrrole nitrogens is 1. The summed E-state index contributed by atoms with van der Waals surface area (Å²) in [5.74, 6) is 0.972. The number of imidazole rings is 1. The highest BCUT2D eigenvalue weighted by Gasteiger charge is 1.85. The fraction of sp³-hybridized carbons (Fsp3) is 0.167. The van der Waals surface area contributed by atoms with E-state index >= 15 is 0 Å². The number of hydrogen-bond acceptors (Lipinski definition) is 1. The molecule has 0 atom stereocenters. The lowest BCUT2D eigenvalue weighted by Gasteiger charge is -1.82. The first-order chi connectivity index (χ1) is 3.93. The number of halogens is 1. The minimum Gasteiger partial charge on any atom is -0.348 e. The SMILES string of the molecule is C=CCc1ncc[nH]1.I. The zero-order chi connectivity index (χ0) is 5.82. The fourth-order valence-corrected chi connectivity index (χ4v) is 0.546. The molecule has 0 unspecified atom stereocenters. The summed E-state index contributed by atoms with van der Waals surface area (Å²) >= 11 is 0. The topological polar surface area (TPSA) is 28.7 Å². The molecule has 0 aliphatic carbocycles. The molecule has 0 aromatic carbocycles. The lowest BCUT2D eigenvalue weighted by atomic mass is 10.4. The standard InChI is InChI=1S/C6H8N2.HI/c1-2-3-6-7-4-5-8-6;/h2,4-5H,1,3H2,(H,7,8);1H. The van der Waals surface area contributed by atoms with Gasteiger partial charge in [-0.05, 0) is 0 Å². The van der Waals surface area contributed by atoms with Gasteiger partial charge in [-0.15, -0.1) is 30.6 Å². The summed E-state index contributed by atoms with van der Waals surface area (Å²) in [6.45, 7) is 3.58. The number of hydrogen-bond donors (Lipinski definition) is 1. The molecule has 0 fully saturated rings. The molecule has 0 radical (unpaired) electrons. The molecule has 0 saturated carbocycles. The first-order valence-corrected chi connectivity index (χ1v) is 2.52. The molecule has 1 aromatic rings. The van der Waals surface area contributed by atoms with Crippen molar-refractivity contribution in [3.8, 4) is 0 Å². The molecule has 0 aliphatic rings. The third kappa shape index (κ3) is 2.64. The Labute approximate surface area is 71.4 Å². The van der Waals surface area contributed by atoms with Crippen LogP contribution in [-0.4, -0.2) is 9.97 Å². The summed E-state index contributed by atoms with van der Waals surface area (Å²) in [5.41, 5.74) is 0. The summed E-state index contributed by atoms with van der Waals surface area (Å²) < 4.78 is 0. The number of aromatic nitrogens is 2. The van der Waals surface area contributed by atoms with Crippen LogP contribution in [0, 0.1) is 0 Å². The molecular weight excluding hydrogens is 227 g/mol. The van der Waals surface area contributed by atoms with E-state index in [1.807, 2.05) is 6.08 Å². The monoisotopic (exact) mass is 236 g/mol. The van der Waals surface area contributed by atoms with Crippen molar-refractivity contribution in [2.45, 2.75) is 6.42 Å². The molecule has 0 bridgehead atoms.